The smallest absolute Gasteiger partial charge is 0.288 e. The third-order valence-corrected chi connectivity index (χ3v) is 2.33. The van der Waals surface area contributed by atoms with Crippen molar-refractivity contribution in [3.63, 3.8) is 0 Å². The Kier molecular flexibility index (Phi) is 3.27. The SMILES string of the molecule is CCOc1cc(C(C)(F)F)nn1-c1ccncc1. The molecule has 0 radical (unpaired) electrons. The summed E-state index contributed by atoms with van der Waals surface area (Å²) < 4.78 is 33.2. The number of hydrogen-bond acceptors (Lipinski definition) is 3. The highest BCUT2D eigenvalue weighted by Crippen LogP contribution is 2.30. The maximum atomic E-state index is 13.3. The Balaban J connectivity index is 2.49. The van der Waals surface area contributed by atoms with Crippen LogP contribution in [0.4, 0.5) is 8.78 Å². The van der Waals surface area contributed by atoms with Crippen molar-refractivity contribution in [1.29, 1.82) is 0 Å². The highest BCUT2D eigenvalue weighted by molar-refractivity contribution is 5.34. The first-order valence-corrected chi connectivity index (χ1v) is 5.54. The predicted molar refractivity (Wildman–Crippen MR) is 62.1 cm³/mol. The summed E-state index contributed by atoms with van der Waals surface area (Å²) in [5.41, 5.74) is 0.312. The van der Waals surface area contributed by atoms with E-state index in [1.807, 2.05) is 0 Å². The van der Waals surface area contributed by atoms with Gasteiger partial charge in [0.05, 0.1) is 12.3 Å². The summed E-state index contributed by atoms with van der Waals surface area (Å²) in [5.74, 6) is -2.70. The van der Waals surface area contributed by atoms with Crippen LogP contribution in [0, 0.1) is 0 Å². The van der Waals surface area contributed by atoms with Crippen LogP contribution in [-0.4, -0.2) is 21.4 Å². The molecule has 2 aromatic heterocycles. The monoisotopic (exact) mass is 253 g/mol. The lowest BCUT2D eigenvalue weighted by Gasteiger charge is -2.06. The standard InChI is InChI=1S/C12H13F2N3O/c1-3-18-11-8-10(12(2,13)14)16-17(11)9-4-6-15-7-5-9/h4-8H,3H2,1-2H3. The van der Waals surface area contributed by atoms with Crippen molar-refractivity contribution in [3.05, 3.63) is 36.3 Å². The van der Waals surface area contributed by atoms with Crippen molar-refractivity contribution in [2.45, 2.75) is 19.8 Å². The molecule has 6 heteroatoms. The van der Waals surface area contributed by atoms with Gasteiger partial charge in [0, 0.05) is 25.4 Å². The third kappa shape index (κ3) is 2.47. The molecule has 18 heavy (non-hydrogen) atoms. The molecule has 0 saturated carbocycles. The van der Waals surface area contributed by atoms with Gasteiger partial charge in [-0.3, -0.25) is 4.98 Å². The molecule has 0 N–H and O–H groups in total. The van der Waals surface area contributed by atoms with Gasteiger partial charge in [-0.1, -0.05) is 0 Å². The molecule has 0 saturated heterocycles. The molecular weight excluding hydrogens is 240 g/mol. The van der Waals surface area contributed by atoms with Gasteiger partial charge in [-0.05, 0) is 19.1 Å². The number of hydrogen-bond donors (Lipinski definition) is 0. The average Bonchev–Trinajstić information content (AvgIpc) is 2.75. The Bertz CT molecular complexity index is 520. The van der Waals surface area contributed by atoms with E-state index in [1.54, 1.807) is 31.5 Å². The Morgan fingerprint density at radius 1 is 1.33 bits per heavy atom. The zero-order valence-electron chi connectivity index (χ0n) is 10.1. The normalized spacial score (nSPS) is 11.6. The average molecular weight is 253 g/mol. The number of rotatable bonds is 4. The van der Waals surface area contributed by atoms with E-state index < -0.39 is 5.92 Å². The largest absolute Gasteiger partial charge is 0.478 e. The Labute approximate surface area is 103 Å². The number of aromatic nitrogens is 3. The highest BCUT2D eigenvalue weighted by Gasteiger charge is 2.29. The topological polar surface area (TPSA) is 39.9 Å². The number of nitrogens with zero attached hydrogens (tertiary/aromatic N) is 3. The fourth-order valence-electron chi connectivity index (χ4n) is 1.50. The minimum atomic E-state index is -3.00. The minimum Gasteiger partial charge on any atom is -0.478 e. The minimum absolute atomic E-state index is 0.292. The van der Waals surface area contributed by atoms with E-state index in [0.29, 0.717) is 18.2 Å². The third-order valence-electron chi connectivity index (χ3n) is 2.33. The second-order valence-electron chi connectivity index (χ2n) is 3.81. The van der Waals surface area contributed by atoms with E-state index in [0.717, 1.165) is 6.92 Å². The summed E-state index contributed by atoms with van der Waals surface area (Å²) >= 11 is 0. The van der Waals surface area contributed by atoms with E-state index in [1.165, 1.54) is 10.7 Å². The van der Waals surface area contributed by atoms with Crippen molar-refractivity contribution in [1.82, 2.24) is 14.8 Å². The van der Waals surface area contributed by atoms with Crippen LogP contribution in [0.15, 0.2) is 30.6 Å². The molecule has 2 heterocycles. The van der Waals surface area contributed by atoms with E-state index in [-0.39, 0.29) is 5.69 Å². The van der Waals surface area contributed by atoms with Crippen molar-refractivity contribution in [2.24, 2.45) is 0 Å². The fourth-order valence-corrected chi connectivity index (χ4v) is 1.50. The molecule has 0 amide bonds. The molecular formula is C12H13F2N3O. The fraction of sp³-hybridized carbons (Fsp3) is 0.333. The maximum absolute atomic E-state index is 13.3. The van der Waals surface area contributed by atoms with Crippen LogP contribution in [0.5, 0.6) is 5.88 Å². The quantitative estimate of drug-likeness (QED) is 0.841. The number of halogens is 2. The molecule has 4 nitrogen and oxygen atoms in total. The summed E-state index contributed by atoms with van der Waals surface area (Å²) in [7, 11) is 0. The van der Waals surface area contributed by atoms with Gasteiger partial charge in [-0.2, -0.15) is 13.9 Å². The second-order valence-corrected chi connectivity index (χ2v) is 3.81. The first-order chi connectivity index (χ1) is 8.52. The molecule has 0 aliphatic heterocycles. The second kappa shape index (κ2) is 4.72. The molecule has 96 valence electrons. The lowest BCUT2D eigenvalue weighted by molar-refractivity contribution is 0.0124. The number of pyridine rings is 1. The van der Waals surface area contributed by atoms with Crippen LogP contribution >= 0.6 is 0 Å². The summed E-state index contributed by atoms with van der Waals surface area (Å²) in [5, 5.41) is 3.88. The molecule has 0 spiro atoms. The number of ether oxygens (including phenoxy) is 1. The van der Waals surface area contributed by atoms with Crippen molar-refractivity contribution in [2.75, 3.05) is 6.61 Å². The van der Waals surface area contributed by atoms with E-state index in [2.05, 4.69) is 10.1 Å². The van der Waals surface area contributed by atoms with Crippen molar-refractivity contribution in [3.8, 4) is 11.6 Å². The van der Waals surface area contributed by atoms with Crippen LogP contribution in [0.25, 0.3) is 5.69 Å². The predicted octanol–water partition coefficient (Wildman–Crippen LogP) is 2.78. The van der Waals surface area contributed by atoms with Crippen LogP contribution in [-0.2, 0) is 5.92 Å². The molecule has 0 fully saturated rings. The van der Waals surface area contributed by atoms with Gasteiger partial charge in [0.25, 0.3) is 5.92 Å². The van der Waals surface area contributed by atoms with E-state index >= 15 is 0 Å². The molecule has 2 rings (SSSR count). The van der Waals surface area contributed by atoms with Crippen molar-refractivity contribution < 1.29 is 13.5 Å². The molecule has 0 aliphatic carbocycles. The first kappa shape index (κ1) is 12.5. The molecule has 0 aromatic carbocycles. The van der Waals surface area contributed by atoms with Crippen molar-refractivity contribution >= 4 is 0 Å². The first-order valence-electron chi connectivity index (χ1n) is 5.54. The van der Waals surface area contributed by atoms with Gasteiger partial charge >= 0.3 is 0 Å². The summed E-state index contributed by atoms with van der Waals surface area (Å²) in [6.45, 7) is 2.97. The Morgan fingerprint density at radius 3 is 2.56 bits per heavy atom. The molecule has 0 atom stereocenters. The van der Waals surface area contributed by atoms with Crippen LogP contribution in [0.1, 0.15) is 19.5 Å². The zero-order chi connectivity index (χ0) is 13.2. The number of alkyl halides is 2. The van der Waals surface area contributed by atoms with Gasteiger partial charge in [0.1, 0.15) is 5.69 Å². The Hall–Kier alpha value is -1.98. The maximum Gasteiger partial charge on any atom is 0.288 e. The van der Waals surface area contributed by atoms with Gasteiger partial charge in [-0.25, -0.2) is 4.68 Å². The Morgan fingerprint density at radius 2 is 2.00 bits per heavy atom. The summed E-state index contributed by atoms with van der Waals surface area (Å²) in [6, 6.07) is 4.60. The lowest BCUT2D eigenvalue weighted by Crippen LogP contribution is -2.09. The summed E-state index contributed by atoms with van der Waals surface area (Å²) in [4.78, 5) is 3.87. The summed E-state index contributed by atoms with van der Waals surface area (Å²) in [6.07, 6.45) is 3.13. The highest BCUT2D eigenvalue weighted by atomic mass is 19.3. The van der Waals surface area contributed by atoms with E-state index in [9.17, 15) is 8.78 Å². The molecule has 0 aliphatic rings. The van der Waals surface area contributed by atoms with Crippen LogP contribution < -0.4 is 4.74 Å². The molecule has 0 bridgehead atoms. The van der Waals surface area contributed by atoms with Gasteiger partial charge in [0.15, 0.2) is 0 Å². The molecule has 2 aromatic rings. The van der Waals surface area contributed by atoms with Gasteiger partial charge in [-0.15, -0.1) is 0 Å². The lowest BCUT2D eigenvalue weighted by atomic mass is 10.3. The van der Waals surface area contributed by atoms with E-state index in [4.69, 9.17) is 4.74 Å². The zero-order valence-corrected chi connectivity index (χ0v) is 10.1. The van der Waals surface area contributed by atoms with Gasteiger partial charge in [0.2, 0.25) is 5.88 Å². The van der Waals surface area contributed by atoms with Crippen LogP contribution in [0.2, 0.25) is 0 Å². The molecule has 0 unspecified atom stereocenters. The van der Waals surface area contributed by atoms with Gasteiger partial charge < -0.3 is 4.74 Å². The van der Waals surface area contributed by atoms with Crippen LogP contribution in [0.3, 0.4) is 0 Å².